The van der Waals surface area contributed by atoms with Crippen LogP contribution in [0.2, 0.25) is 0 Å². The molecule has 0 aliphatic carbocycles. The molecule has 2 aromatic carbocycles. The lowest BCUT2D eigenvalue weighted by molar-refractivity contribution is -0.385. The van der Waals surface area contributed by atoms with Crippen LogP contribution in [0.15, 0.2) is 36.4 Å². The molecular weight excluding hydrogens is 292 g/mol. The smallest absolute Gasteiger partial charge is 0.279 e. The topological polar surface area (TPSA) is 76.2 Å². The Morgan fingerprint density at radius 3 is 2.43 bits per heavy atom. The quantitative estimate of drug-likeness (QED) is 0.365. The summed E-state index contributed by atoms with van der Waals surface area (Å²) in [7, 11) is 1.56. The van der Waals surface area contributed by atoms with Gasteiger partial charge >= 0.3 is 0 Å². The molecule has 5 heteroatoms. The second-order valence-electron chi connectivity index (χ2n) is 5.18. The molecule has 2 aromatic rings. The van der Waals surface area contributed by atoms with Crippen molar-refractivity contribution in [2.45, 2.75) is 13.8 Å². The van der Waals surface area contributed by atoms with Crippen LogP contribution < -0.4 is 4.74 Å². The minimum Gasteiger partial charge on any atom is -0.497 e. The molecule has 116 valence electrons. The summed E-state index contributed by atoms with van der Waals surface area (Å²) in [5.41, 5.74) is 2.99. The first kappa shape index (κ1) is 16.2. The first-order chi connectivity index (χ1) is 11.0. The van der Waals surface area contributed by atoms with E-state index in [-0.39, 0.29) is 5.69 Å². The Hall–Kier alpha value is -3.13. The zero-order valence-corrected chi connectivity index (χ0v) is 13.2. The number of hydrogen-bond donors (Lipinski definition) is 0. The van der Waals surface area contributed by atoms with Crippen molar-refractivity contribution >= 4 is 17.3 Å². The van der Waals surface area contributed by atoms with Crippen molar-refractivity contribution < 1.29 is 9.66 Å². The summed E-state index contributed by atoms with van der Waals surface area (Å²) in [5.74, 6) is 0.684. The van der Waals surface area contributed by atoms with Gasteiger partial charge in [0, 0.05) is 5.56 Å². The standard InChI is InChI=1S/C18H16N2O3/c1-12-8-13(2)18(20(21)22)15(9-12)10-16(11-19)14-4-6-17(23-3)7-5-14/h4-10H,1-3H3/b16-10+. The summed E-state index contributed by atoms with van der Waals surface area (Å²) < 4.78 is 5.09. The molecule has 0 radical (unpaired) electrons. The number of aryl methyl sites for hydroxylation is 2. The van der Waals surface area contributed by atoms with E-state index in [1.54, 1.807) is 56.5 Å². The van der Waals surface area contributed by atoms with Crippen molar-refractivity contribution in [1.82, 2.24) is 0 Å². The third-order valence-electron chi connectivity index (χ3n) is 3.48. The average Bonchev–Trinajstić information content (AvgIpc) is 2.51. The Bertz CT molecular complexity index is 815. The van der Waals surface area contributed by atoms with E-state index in [1.165, 1.54) is 0 Å². The van der Waals surface area contributed by atoms with E-state index in [0.717, 1.165) is 5.56 Å². The van der Waals surface area contributed by atoms with Gasteiger partial charge in [-0.1, -0.05) is 0 Å². The first-order valence-corrected chi connectivity index (χ1v) is 6.98. The number of nitro groups is 1. The zero-order valence-electron chi connectivity index (χ0n) is 13.2. The number of allylic oxidation sites excluding steroid dienone is 1. The Morgan fingerprint density at radius 2 is 1.91 bits per heavy atom. The number of rotatable bonds is 4. The summed E-state index contributed by atoms with van der Waals surface area (Å²) in [6.07, 6.45) is 1.56. The Labute approximate surface area is 134 Å². The molecule has 0 bridgehead atoms. The van der Waals surface area contributed by atoms with Gasteiger partial charge in [-0.15, -0.1) is 0 Å². The van der Waals surface area contributed by atoms with Gasteiger partial charge in [0.15, 0.2) is 0 Å². The van der Waals surface area contributed by atoms with Crippen LogP contribution in [0.4, 0.5) is 5.69 Å². The Kier molecular flexibility index (Phi) is 4.77. The van der Waals surface area contributed by atoms with Gasteiger partial charge in [0.1, 0.15) is 5.75 Å². The number of ether oxygens (including phenoxy) is 1. The van der Waals surface area contributed by atoms with Crippen LogP contribution in [0.1, 0.15) is 22.3 Å². The van der Waals surface area contributed by atoms with Crippen LogP contribution in [-0.4, -0.2) is 12.0 Å². The highest BCUT2D eigenvalue weighted by atomic mass is 16.6. The monoisotopic (exact) mass is 308 g/mol. The summed E-state index contributed by atoms with van der Waals surface area (Å²) in [6, 6.07) is 12.6. The highest BCUT2D eigenvalue weighted by molar-refractivity contribution is 5.91. The molecule has 0 aliphatic heterocycles. The molecule has 0 atom stereocenters. The molecule has 0 aliphatic rings. The predicted molar refractivity (Wildman–Crippen MR) is 89.0 cm³/mol. The Balaban J connectivity index is 2.58. The molecule has 0 spiro atoms. The number of benzene rings is 2. The van der Waals surface area contributed by atoms with Gasteiger partial charge in [0.25, 0.3) is 5.69 Å². The number of nitrogens with zero attached hydrogens (tertiary/aromatic N) is 2. The highest BCUT2D eigenvalue weighted by Gasteiger charge is 2.17. The number of methoxy groups -OCH3 is 1. The summed E-state index contributed by atoms with van der Waals surface area (Å²) in [4.78, 5) is 10.9. The largest absolute Gasteiger partial charge is 0.497 e. The molecule has 0 heterocycles. The van der Waals surface area contributed by atoms with E-state index in [4.69, 9.17) is 4.74 Å². The second-order valence-corrected chi connectivity index (χ2v) is 5.18. The van der Waals surface area contributed by atoms with Crippen LogP contribution in [-0.2, 0) is 0 Å². The van der Waals surface area contributed by atoms with Crippen molar-refractivity contribution in [2.75, 3.05) is 7.11 Å². The molecule has 0 aromatic heterocycles. The normalized spacial score (nSPS) is 11.0. The van der Waals surface area contributed by atoms with E-state index in [1.807, 2.05) is 6.92 Å². The molecule has 0 saturated heterocycles. The number of nitriles is 1. The van der Waals surface area contributed by atoms with Crippen molar-refractivity contribution in [3.05, 3.63) is 68.8 Å². The molecule has 0 amide bonds. The molecule has 23 heavy (non-hydrogen) atoms. The lowest BCUT2D eigenvalue weighted by atomic mass is 9.99. The lowest BCUT2D eigenvalue weighted by Gasteiger charge is -2.06. The van der Waals surface area contributed by atoms with Crippen molar-refractivity contribution in [3.63, 3.8) is 0 Å². The van der Waals surface area contributed by atoms with Gasteiger partial charge in [-0.25, -0.2) is 0 Å². The SMILES string of the molecule is COc1ccc(/C(C#N)=C/c2cc(C)cc(C)c2[N+](=O)[O-])cc1. The van der Waals surface area contributed by atoms with Crippen LogP contribution in [0.5, 0.6) is 5.75 Å². The fourth-order valence-electron chi connectivity index (χ4n) is 2.46. The van der Waals surface area contributed by atoms with Crippen molar-refractivity contribution in [3.8, 4) is 11.8 Å². The number of hydrogen-bond acceptors (Lipinski definition) is 4. The van der Waals surface area contributed by atoms with E-state index in [9.17, 15) is 15.4 Å². The summed E-state index contributed by atoms with van der Waals surface area (Å²) >= 11 is 0. The van der Waals surface area contributed by atoms with E-state index >= 15 is 0 Å². The molecule has 0 N–H and O–H groups in total. The van der Waals surface area contributed by atoms with Gasteiger partial charge in [-0.3, -0.25) is 10.1 Å². The van der Waals surface area contributed by atoms with Crippen LogP contribution >= 0.6 is 0 Å². The van der Waals surface area contributed by atoms with Gasteiger partial charge in [0.05, 0.1) is 29.2 Å². The van der Waals surface area contributed by atoms with Crippen molar-refractivity contribution in [2.24, 2.45) is 0 Å². The molecule has 2 rings (SSSR count). The van der Waals surface area contributed by atoms with Crippen molar-refractivity contribution in [1.29, 1.82) is 5.26 Å². The van der Waals surface area contributed by atoms with Gasteiger partial charge in [-0.2, -0.15) is 5.26 Å². The highest BCUT2D eigenvalue weighted by Crippen LogP contribution is 2.29. The minimum absolute atomic E-state index is 0.0249. The molecule has 5 nitrogen and oxygen atoms in total. The zero-order chi connectivity index (χ0) is 17.0. The van der Waals surface area contributed by atoms with Gasteiger partial charge < -0.3 is 4.74 Å². The summed E-state index contributed by atoms with van der Waals surface area (Å²) in [5, 5.41) is 20.7. The maximum absolute atomic E-state index is 11.3. The van der Waals surface area contributed by atoms with Gasteiger partial charge in [0.2, 0.25) is 0 Å². The second kappa shape index (κ2) is 6.75. The summed E-state index contributed by atoms with van der Waals surface area (Å²) in [6.45, 7) is 3.56. The minimum atomic E-state index is -0.413. The molecule has 0 saturated carbocycles. The van der Waals surface area contributed by atoms with Crippen LogP contribution in [0, 0.1) is 35.3 Å². The third-order valence-corrected chi connectivity index (χ3v) is 3.48. The van der Waals surface area contributed by atoms with Crippen LogP contribution in [0.25, 0.3) is 11.6 Å². The average molecular weight is 308 g/mol. The van der Waals surface area contributed by atoms with Crippen LogP contribution in [0.3, 0.4) is 0 Å². The third kappa shape index (κ3) is 3.55. The molecule has 0 fully saturated rings. The van der Waals surface area contributed by atoms with Gasteiger partial charge in [-0.05, 0) is 67.4 Å². The maximum Gasteiger partial charge on any atom is 0.279 e. The molecular formula is C18H16N2O3. The fraction of sp³-hybridized carbons (Fsp3) is 0.167. The predicted octanol–water partition coefficient (Wildman–Crippen LogP) is 4.28. The molecule has 0 unspecified atom stereocenters. The first-order valence-electron chi connectivity index (χ1n) is 6.98. The Morgan fingerprint density at radius 1 is 1.26 bits per heavy atom. The lowest BCUT2D eigenvalue weighted by Crippen LogP contribution is -1.96. The fourth-order valence-corrected chi connectivity index (χ4v) is 2.46. The van der Waals surface area contributed by atoms with E-state index in [0.29, 0.717) is 28.0 Å². The van der Waals surface area contributed by atoms with E-state index < -0.39 is 4.92 Å². The number of nitro benzene ring substituents is 1. The maximum atomic E-state index is 11.3. The van der Waals surface area contributed by atoms with E-state index in [2.05, 4.69) is 6.07 Å².